The first-order chi connectivity index (χ1) is 15.6. The van der Waals surface area contributed by atoms with Gasteiger partial charge in [-0.25, -0.2) is 9.97 Å². The molecular weight excluding hydrogens is 438 g/mol. The van der Waals surface area contributed by atoms with E-state index >= 15 is 0 Å². The summed E-state index contributed by atoms with van der Waals surface area (Å²) in [6.45, 7) is 13.1. The molecule has 5 rings (SSSR count). The van der Waals surface area contributed by atoms with Crippen LogP contribution >= 0.6 is 11.3 Å². The van der Waals surface area contributed by atoms with E-state index in [4.69, 9.17) is 9.72 Å². The van der Waals surface area contributed by atoms with E-state index in [0.717, 1.165) is 41.6 Å². The number of nitrogens with zero attached hydrogens (tertiary/aromatic N) is 3. The molecule has 0 saturated carbocycles. The Morgan fingerprint density at radius 2 is 2.03 bits per heavy atom. The number of aromatic nitrogens is 3. The second-order valence-corrected chi connectivity index (χ2v) is 11.3. The molecule has 2 fully saturated rings. The number of carbonyl (C=O) groups excluding carboxylic acids is 2. The van der Waals surface area contributed by atoms with Crippen LogP contribution in [0.25, 0.3) is 21.7 Å². The molecule has 3 aromatic heterocycles. The molecule has 0 aliphatic carbocycles. The number of hydrogen-bond donors (Lipinski definition) is 2. The van der Waals surface area contributed by atoms with E-state index in [-0.39, 0.29) is 28.7 Å². The van der Waals surface area contributed by atoms with Crippen LogP contribution in [0.15, 0.2) is 18.5 Å². The summed E-state index contributed by atoms with van der Waals surface area (Å²) in [4.78, 5) is 41.8. The summed E-state index contributed by atoms with van der Waals surface area (Å²) in [5, 5.41) is 3.10. The molecule has 2 aliphatic heterocycles. The predicted octanol–water partition coefficient (Wildman–Crippen LogP) is 3.63. The Morgan fingerprint density at radius 3 is 2.67 bits per heavy atom. The van der Waals surface area contributed by atoms with Gasteiger partial charge in [0, 0.05) is 24.8 Å². The number of amides is 2. The number of nitrogens with one attached hydrogen (secondary N) is 2. The van der Waals surface area contributed by atoms with Crippen LogP contribution in [0.1, 0.15) is 53.3 Å². The van der Waals surface area contributed by atoms with Crippen molar-refractivity contribution in [3.05, 3.63) is 34.5 Å². The lowest BCUT2D eigenvalue weighted by Crippen LogP contribution is -2.67. The van der Waals surface area contributed by atoms with Crippen molar-refractivity contribution in [3.8, 4) is 10.6 Å². The van der Waals surface area contributed by atoms with E-state index in [0.29, 0.717) is 22.4 Å². The number of aryl methyl sites for hydroxylation is 1. The number of carbonyl (C=O) groups is 2. The molecule has 0 bridgehead atoms. The summed E-state index contributed by atoms with van der Waals surface area (Å²) < 4.78 is 5.31. The molecule has 9 heteroatoms. The molecule has 0 unspecified atom stereocenters. The van der Waals surface area contributed by atoms with Crippen LogP contribution in [0.4, 0.5) is 0 Å². The van der Waals surface area contributed by atoms with Crippen LogP contribution in [-0.4, -0.2) is 63.5 Å². The second kappa shape index (κ2) is 7.63. The molecule has 2 aliphatic rings. The number of hydrogen-bond acceptors (Lipinski definition) is 6. The summed E-state index contributed by atoms with van der Waals surface area (Å²) in [6.07, 6.45) is 3.33. The van der Waals surface area contributed by atoms with Crippen molar-refractivity contribution < 1.29 is 14.3 Å². The van der Waals surface area contributed by atoms with Crippen molar-refractivity contribution in [3.63, 3.8) is 0 Å². The van der Waals surface area contributed by atoms with Gasteiger partial charge in [-0.1, -0.05) is 13.8 Å². The standard InChI is InChI=1S/C24H29N5O3S/c1-13(2)23(4,5)28-21(30)15-7-25-20-18(15)27-16(8-26-20)17-6-14(3)19(33-17)22(31)29-9-24(10-29)11-32-12-24/h6-8,13H,9-12H2,1-5H3,(H,25,26)(H,28,30). The van der Waals surface area contributed by atoms with E-state index in [1.165, 1.54) is 11.3 Å². The minimum atomic E-state index is -0.354. The molecular formula is C24H29N5O3S. The predicted molar refractivity (Wildman–Crippen MR) is 127 cm³/mol. The third kappa shape index (κ3) is 3.73. The lowest BCUT2D eigenvalue weighted by molar-refractivity contribution is -0.176. The number of rotatable bonds is 5. The Labute approximate surface area is 196 Å². The molecule has 33 heavy (non-hydrogen) atoms. The Hall–Kier alpha value is -2.78. The lowest BCUT2D eigenvalue weighted by Gasteiger charge is -2.54. The van der Waals surface area contributed by atoms with Crippen molar-refractivity contribution in [1.29, 1.82) is 0 Å². The van der Waals surface area contributed by atoms with E-state index in [1.807, 2.05) is 31.7 Å². The lowest BCUT2D eigenvalue weighted by atomic mass is 9.78. The van der Waals surface area contributed by atoms with Crippen LogP contribution in [0.2, 0.25) is 0 Å². The SMILES string of the molecule is Cc1cc(-c2cnc3[nH]cc(C(=O)NC(C)(C)C(C)C)c3n2)sc1C(=O)N1CC2(COC2)C1. The fourth-order valence-electron chi connectivity index (χ4n) is 4.13. The highest BCUT2D eigenvalue weighted by molar-refractivity contribution is 7.17. The number of thiophene rings is 1. The van der Waals surface area contributed by atoms with E-state index < -0.39 is 0 Å². The molecule has 2 N–H and O–H groups in total. The van der Waals surface area contributed by atoms with E-state index in [2.05, 4.69) is 29.1 Å². The van der Waals surface area contributed by atoms with Gasteiger partial charge < -0.3 is 19.9 Å². The summed E-state index contributed by atoms with van der Waals surface area (Å²) in [5.41, 5.74) is 2.97. The highest BCUT2D eigenvalue weighted by atomic mass is 32.1. The van der Waals surface area contributed by atoms with Crippen LogP contribution in [0, 0.1) is 18.3 Å². The highest BCUT2D eigenvalue weighted by Crippen LogP contribution is 2.40. The third-order valence-corrected chi connectivity index (χ3v) is 8.27. The third-order valence-electron chi connectivity index (χ3n) is 7.03. The number of H-pyrrole nitrogens is 1. The average molecular weight is 468 g/mol. The monoisotopic (exact) mass is 467 g/mol. The van der Waals surface area contributed by atoms with E-state index in [1.54, 1.807) is 12.4 Å². The zero-order valence-corrected chi connectivity index (χ0v) is 20.4. The van der Waals surface area contributed by atoms with Gasteiger partial charge in [0.2, 0.25) is 0 Å². The average Bonchev–Trinajstić information content (AvgIpc) is 3.28. The first-order valence-electron chi connectivity index (χ1n) is 11.2. The van der Waals surface area contributed by atoms with Gasteiger partial charge in [0.1, 0.15) is 5.52 Å². The molecule has 0 radical (unpaired) electrons. The van der Waals surface area contributed by atoms with Gasteiger partial charge in [0.25, 0.3) is 11.8 Å². The Bertz CT molecular complexity index is 1250. The van der Waals surface area contributed by atoms with Gasteiger partial charge in [0.15, 0.2) is 5.65 Å². The van der Waals surface area contributed by atoms with E-state index in [9.17, 15) is 9.59 Å². The number of aromatic amines is 1. The minimum absolute atomic E-state index is 0.0629. The van der Waals surface area contributed by atoms with Crippen molar-refractivity contribution in [2.75, 3.05) is 26.3 Å². The smallest absolute Gasteiger partial charge is 0.264 e. The van der Waals surface area contributed by atoms with Gasteiger partial charge in [-0.3, -0.25) is 9.59 Å². The van der Waals surface area contributed by atoms with Crippen LogP contribution in [0.3, 0.4) is 0 Å². The maximum atomic E-state index is 13.0. The Morgan fingerprint density at radius 1 is 1.30 bits per heavy atom. The molecule has 8 nitrogen and oxygen atoms in total. The molecule has 3 aromatic rings. The summed E-state index contributed by atoms with van der Waals surface area (Å²) >= 11 is 1.43. The van der Waals surface area contributed by atoms with Gasteiger partial charge in [-0.05, 0) is 38.3 Å². The maximum Gasteiger partial charge on any atom is 0.264 e. The molecule has 174 valence electrons. The quantitative estimate of drug-likeness (QED) is 0.597. The molecule has 0 aromatic carbocycles. The first kappa shape index (κ1) is 22.0. The Kier molecular flexibility index (Phi) is 5.10. The largest absolute Gasteiger partial charge is 0.380 e. The van der Waals surface area contributed by atoms with Crippen molar-refractivity contribution in [1.82, 2.24) is 25.2 Å². The topological polar surface area (TPSA) is 100 Å². The molecule has 1 spiro atoms. The fraction of sp³-hybridized carbons (Fsp3) is 0.500. The van der Waals surface area contributed by atoms with Gasteiger partial charge in [-0.15, -0.1) is 11.3 Å². The van der Waals surface area contributed by atoms with Crippen LogP contribution in [0.5, 0.6) is 0 Å². The summed E-state index contributed by atoms with van der Waals surface area (Å²) in [6, 6.07) is 1.98. The van der Waals surface area contributed by atoms with Gasteiger partial charge >= 0.3 is 0 Å². The maximum absolute atomic E-state index is 13.0. The molecule has 2 saturated heterocycles. The minimum Gasteiger partial charge on any atom is -0.380 e. The van der Waals surface area contributed by atoms with Crippen molar-refractivity contribution in [2.45, 2.75) is 40.2 Å². The molecule has 5 heterocycles. The van der Waals surface area contributed by atoms with Crippen LogP contribution in [-0.2, 0) is 4.74 Å². The zero-order chi connectivity index (χ0) is 23.5. The number of fused-ring (bicyclic) bond motifs is 1. The highest BCUT2D eigenvalue weighted by Gasteiger charge is 2.51. The zero-order valence-electron chi connectivity index (χ0n) is 19.6. The normalized spacial score (nSPS) is 17.3. The molecule has 0 atom stereocenters. The number of likely N-dealkylation sites (tertiary alicyclic amines) is 1. The van der Waals surface area contributed by atoms with Crippen LogP contribution < -0.4 is 5.32 Å². The van der Waals surface area contributed by atoms with Crippen molar-refractivity contribution >= 4 is 34.3 Å². The van der Waals surface area contributed by atoms with Crippen molar-refractivity contribution in [2.24, 2.45) is 11.3 Å². The van der Waals surface area contributed by atoms with Gasteiger partial charge in [-0.2, -0.15) is 0 Å². The Balaban J connectivity index is 1.40. The first-order valence-corrected chi connectivity index (χ1v) is 12.0. The summed E-state index contributed by atoms with van der Waals surface area (Å²) in [7, 11) is 0. The molecule has 2 amide bonds. The fourth-order valence-corrected chi connectivity index (χ4v) is 5.23. The summed E-state index contributed by atoms with van der Waals surface area (Å²) in [5.74, 6) is 0.153. The van der Waals surface area contributed by atoms with Gasteiger partial charge in [0.05, 0.1) is 45.8 Å². The second-order valence-electron chi connectivity index (χ2n) is 10.3. The number of ether oxygens (including phenoxy) is 1.